The quantitative estimate of drug-likeness (QED) is 0.568. The molecule has 3 nitrogen and oxygen atoms in total. The highest BCUT2D eigenvalue weighted by Crippen LogP contribution is 2.08. The third kappa shape index (κ3) is 4.28. The maximum Gasteiger partial charge on any atom is 0.328 e. The Morgan fingerprint density at radius 1 is 1.38 bits per heavy atom. The van der Waals surface area contributed by atoms with Crippen LogP contribution in [0.3, 0.4) is 0 Å². The molecule has 0 aliphatic rings. The molecule has 0 bridgehead atoms. The maximum absolute atomic E-state index is 10.2. The molecule has 0 fully saturated rings. The van der Waals surface area contributed by atoms with Crippen molar-refractivity contribution in [3.8, 4) is 0 Å². The van der Waals surface area contributed by atoms with Crippen LogP contribution in [0.25, 0.3) is 0 Å². The van der Waals surface area contributed by atoms with Crippen molar-refractivity contribution in [1.29, 1.82) is 0 Å². The number of carboxylic acids is 1. The molecule has 0 saturated carbocycles. The number of hydrogen-bond donors (Lipinski definition) is 2. The van der Waals surface area contributed by atoms with Crippen LogP contribution in [0.4, 0.5) is 0 Å². The lowest BCUT2D eigenvalue weighted by Crippen LogP contribution is -2.14. The van der Waals surface area contributed by atoms with E-state index in [4.69, 9.17) is 5.11 Å². The number of benzene rings is 1. The molecular formula is C13H17NO2. The average molecular weight is 219 g/mol. The van der Waals surface area contributed by atoms with Gasteiger partial charge < -0.3 is 10.4 Å². The van der Waals surface area contributed by atoms with Crippen LogP contribution in [-0.2, 0) is 17.8 Å². The Bertz CT molecular complexity index is 372. The minimum atomic E-state index is -0.907. The van der Waals surface area contributed by atoms with E-state index >= 15 is 0 Å². The van der Waals surface area contributed by atoms with Crippen LogP contribution in [0, 0.1) is 0 Å². The van der Waals surface area contributed by atoms with E-state index in [-0.39, 0.29) is 0 Å². The van der Waals surface area contributed by atoms with Crippen molar-refractivity contribution < 1.29 is 9.90 Å². The van der Waals surface area contributed by atoms with E-state index < -0.39 is 5.97 Å². The van der Waals surface area contributed by atoms with Gasteiger partial charge in [0.1, 0.15) is 0 Å². The van der Waals surface area contributed by atoms with Crippen molar-refractivity contribution in [1.82, 2.24) is 5.32 Å². The molecule has 1 rings (SSSR count). The second-order valence-electron chi connectivity index (χ2n) is 3.49. The molecule has 0 aliphatic carbocycles. The molecule has 86 valence electrons. The molecule has 0 radical (unpaired) electrons. The van der Waals surface area contributed by atoms with Crippen LogP contribution in [0.1, 0.15) is 18.1 Å². The van der Waals surface area contributed by atoms with Gasteiger partial charge in [0, 0.05) is 19.2 Å². The third-order valence-corrected chi connectivity index (χ3v) is 2.34. The van der Waals surface area contributed by atoms with Crippen LogP contribution in [0.15, 0.2) is 36.4 Å². The molecule has 3 heteroatoms. The zero-order valence-corrected chi connectivity index (χ0v) is 9.44. The second-order valence-corrected chi connectivity index (χ2v) is 3.49. The Balaban J connectivity index is 2.40. The lowest BCUT2D eigenvalue weighted by Gasteiger charge is -2.07. The molecule has 0 amide bonds. The topological polar surface area (TPSA) is 49.3 Å². The van der Waals surface area contributed by atoms with E-state index in [9.17, 15) is 4.79 Å². The summed E-state index contributed by atoms with van der Waals surface area (Å²) in [6, 6.07) is 8.26. The normalized spacial score (nSPS) is 10.8. The highest BCUT2D eigenvalue weighted by atomic mass is 16.4. The molecule has 0 saturated heterocycles. The van der Waals surface area contributed by atoms with Crippen molar-refractivity contribution in [2.75, 3.05) is 6.54 Å². The van der Waals surface area contributed by atoms with E-state index in [2.05, 4.69) is 24.4 Å². The SMILES string of the molecule is CCc1ccccc1CNC/C=C/C(=O)O. The standard InChI is InChI=1S/C13H17NO2/c1-2-11-6-3-4-7-12(11)10-14-9-5-8-13(15)16/h3-8,14H,2,9-10H2,1H3,(H,15,16)/b8-5+. The van der Waals surface area contributed by atoms with Crippen molar-refractivity contribution in [2.45, 2.75) is 19.9 Å². The van der Waals surface area contributed by atoms with E-state index in [1.54, 1.807) is 6.08 Å². The monoisotopic (exact) mass is 219 g/mol. The summed E-state index contributed by atoms with van der Waals surface area (Å²) >= 11 is 0. The van der Waals surface area contributed by atoms with E-state index in [0.717, 1.165) is 19.0 Å². The van der Waals surface area contributed by atoms with Crippen molar-refractivity contribution >= 4 is 5.97 Å². The van der Waals surface area contributed by atoms with E-state index in [1.807, 2.05) is 12.1 Å². The highest BCUT2D eigenvalue weighted by Gasteiger charge is 1.97. The van der Waals surface area contributed by atoms with Gasteiger partial charge in [-0.15, -0.1) is 0 Å². The summed E-state index contributed by atoms with van der Waals surface area (Å²) in [6.45, 7) is 3.47. The van der Waals surface area contributed by atoms with Crippen LogP contribution in [0.5, 0.6) is 0 Å². The van der Waals surface area contributed by atoms with Crippen LogP contribution < -0.4 is 5.32 Å². The lowest BCUT2D eigenvalue weighted by atomic mass is 10.1. The molecule has 0 unspecified atom stereocenters. The number of hydrogen-bond acceptors (Lipinski definition) is 2. The first kappa shape index (κ1) is 12.5. The molecule has 0 heterocycles. The fourth-order valence-corrected chi connectivity index (χ4v) is 1.52. The zero-order chi connectivity index (χ0) is 11.8. The van der Waals surface area contributed by atoms with Crippen molar-refractivity contribution in [3.05, 3.63) is 47.5 Å². The molecule has 16 heavy (non-hydrogen) atoms. The smallest absolute Gasteiger partial charge is 0.328 e. The Morgan fingerprint density at radius 2 is 2.06 bits per heavy atom. The number of aryl methyl sites for hydroxylation is 1. The number of nitrogens with one attached hydrogen (secondary N) is 1. The molecule has 0 spiro atoms. The van der Waals surface area contributed by atoms with Gasteiger partial charge in [-0.2, -0.15) is 0 Å². The van der Waals surface area contributed by atoms with Crippen LogP contribution >= 0.6 is 0 Å². The van der Waals surface area contributed by atoms with Gasteiger partial charge in [0.25, 0.3) is 0 Å². The molecular weight excluding hydrogens is 202 g/mol. The fourth-order valence-electron chi connectivity index (χ4n) is 1.52. The summed E-state index contributed by atoms with van der Waals surface area (Å²) in [6.07, 6.45) is 3.78. The van der Waals surface area contributed by atoms with Gasteiger partial charge in [-0.25, -0.2) is 4.79 Å². The Hall–Kier alpha value is -1.61. The summed E-state index contributed by atoms with van der Waals surface area (Å²) in [7, 11) is 0. The summed E-state index contributed by atoms with van der Waals surface area (Å²) in [5, 5.41) is 11.6. The number of carbonyl (C=O) groups is 1. The van der Waals surface area contributed by atoms with Gasteiger partial charge in [-0.3, -0.25) is 0 Å². The minimum absolute atomic E-state index is 0.574. The van der Waals surface area contributed by atoms with Crippen molar-refractivity contribution in [2.24, 2.45) is 0 Å². The first-order valence-corrected chi connectivity index (χ1v) is 5.41. The van der Waals surface area contributed by atoms with E-state index in [1.165, 1.54) is 11.1 Å². The van der Waals surface area contributed by atoms with E-state index in [0.29, 0.717) is 6.54 Å². The molecule has 1 aromatic rings. The Kier molecular flexibility index (Phi) is 5.29. The first-order chi connectivity index (χ1) is 7.74. The molecule has 1 aromatic carbocycles. The predicted octanol–water partition coefficient (Wildman–Crippen LogP) is 1.98. The minimum Gasteiger partial charge on any atom is -0.478 e. The molecule has 0 atom stereocenters. The largest absolute Gasteiger partial charge is 0.478 e. The second kappa shape index (κ2) is 6.80. The number of rotatable bonds is 6. The Morgan fingerprint density at radius 3 is 2.69 bits per heavy atom. The van der Waals surface area contributed by atoms with Gasteiger partial charge in [-0.1, -0.05) is 37.3 Å². The molecule has 2 N–H and O–H groups in total. The van der Waals surface area contributed by atoms with Crippen LogP contribution in [-0.4, -0.2) is 17.6 Å². The zero-order valence-electron chi connectivity index (χ0n) is 9.44. The summed E-state index contributed by atoms with van der Waals surface area (Å²) in [5.74, 6) is -0.907. The van der Waals surface area contributed by atoms with Gasteiger partial charge in [-0.05, 0) is 17.5 Å². The van der Waals surface area contributed by atoms with Gasteiger partial charge in [0.2, 0.25) is 0 Å². The van der Waals surface area contributed by atoms with Gasteiger partial charge >= 0.3 is 5.97 Å². The number of carboxylic acid groups (broad SMARTS) is 1. The average Bonchev–Trinajstić information content (AvgIpc) is 2.29. The number of aliphatic carboxylic acids is 1. The summed E-state index contributed by atoms with van der Waals surface area (Å²) in [4.78, 5) is 10.2. The van der Waals surface area contributed by atoms with Crippen molar-refractivity contribution in [3.63, 3.8) is 0 Å². The molecule has 0 aromatic heterocycles. The fraction of sp³-hybridized carbons (Fsp3) is 0.308. The Labute approximate surface area is 95.8 Å². The third-order valence-electron chi connectivity index (χ3n) is 2.34. The maximum atomic E-state index is 10.2. The summed E-state index contributed by atoms with van der Waals surface area (Å²) < 4.78 is 0. The van der Waals surface area contributed by atoms with Gasteiger partial charge in [0.05, 0.1) is 0 Å². The predicted molar refractivity (Wildman–Crippen MR) is 64.3 cm³/mol. The highest BCUT2D eigenvalue weighted by molar-refractivity contribution is 5.79. The first-order valence-electron chi connectivity index (χ1n) is 5.41. The summed E-state index contributed by atoms with van der Waals surface area (Å²) in [5.41, 5.74) is 2.60. The van der Waals surface area contributed by atoms with Gasteiger partial charge in [0.15, 0.2) is 0 Å². The van der Waals surface area contributed by atoms with Crippen LogP contribution in [0.2, 0.25) is 0 Å². The lowest BCUT2D eigenvalue weighted by molar-refractivity contribution is -0.131. The molecule has 0 aliphatic heterocycles.